The zero-order valence-electron chi connectivity index (χ0n) is 20.1. The Morgan fingerprint density at radius 2 is 1.47 bits per heavy atom. The van der Waals surface area contributed by atoms with Crippen molar-refractivity contribution >= 4 is 5.95 Å². The van der Waals surface area contributed by atoms with E-state index in [1.54, 1.807) is 11.7 Å². The summed E-state index contributed by atoms with van der Waals surface area (Å²) in [4.78, 5) is 30.8. The molecule has 1 N–H and O–H groups in total. The molecule has 0 bridgehead atoms. The lowest BCUT2D eigenvalue weighted by molar-refractivity contribution is 0.372. The number of anilines is 1. The minimum atomic E-state index is -0.526. The highest BCUT2D eigenvalue weighted by Gasteiger charge is 2.17. The van der Waals surface area contributed by atoms with Gasteiger partial charge in [0.1, 0.15) is 5.75 Å². The van der Waals surface area contributed by atoms with Crippen LogP contribution in [0.25, 0.3) is 0 Å². The summed E-state index contributed by atoms with van der Waals surface area (Å²) in [5, 5.41) is 3.33. The molecular formula is C27H34N4O3. The third kappa shape index (κ3) is 5.76. The summed E-state index contributed by atoms with van der Waals surface area (Å²) in [7, 11) is 1.62. The Morgan fingerprint density at radius 1 is 0.882 bits per heavy atom. The van der Waals surface area contributed by atoms with Gasteiger partial charge in [-0.15, -0.1) is 0 Å². The molecule has 7 nitrogen and oxygen atoms in total. The lowest BCUT2D eigenvalue weighted by atomic mass is 9.89. The van der Waals surface area contributed by atoms with Crippen molar-refractivity contribution in [2.75, 3.05) is 19.0 Å². The second-order valence-electron chi connectivity index (χ2n) is 9.08. The van der Waals surface area contributed by atoms with E-state index in [1.807, 2.05) is 48.5 Å². The van der Waals surface area contributed by atoms with Crippen LogP contribution in [0.2, 0.25) is 0 Å². The second-order valence-corrected chi connectivity index (χ2v) is 9.08. The number of ether oxygens (including phenoxy) is 1. The first-order valence-electron chi connectivity index (χ1n) is 12.2. The van der Waals surface area contributed by atoms with Crippen LogP contribution in [-0.4, -0.2) is 27.8 Å². The molecule has 34 heavy (non-hydrogen) atoms. The van der Waals surface area contributed by atoms with Gasteiger partial charge in [-0.3, -0.25) is 4.57 Å². The van der Waals surface area contributed by atoms with E-state index in [0.29, 0.717) is 18.4 Å². The van der Waals surface area contributed by atoms with Crippen molar-refractivity contribution in [2.45, 2.75) is 58.5 Å². The summed E-state index contributed by atoms with van der Waals surface area (Å²) in [6, 6.07) is 15.6. The van der Waals surface area contributed by atoms with Crippen LogP contribution >= 0.6 is 0 Å². The largest absolute Gasteiger partial charge is 0.497 e. The first kappa shape index (κ1) is 23.8. The van der Waals surface area contributed by atoms with Crippen LogP contribution in [0.1, 0.15) is 55.7 Å². The Labute approximate surface area is 200 Å². The topological polar surface area (TPSA) is 78.2 Å². The van der Waals surface area contributed by atoms with Gasteiger partial charge in [-0.05, 0) is 54.0 Å². The molecule has 4 rings (SSSR count). The molecule has 0 spiro atoms. The van der Waals surface area contributed by atoms with Gasteiger partial charge in [0.25, 0.3) is 0 Å². The predicted molar refractivity (Wildman–Crippen MR) is 135 cm³/mol. The van der Waals surface area contributed by atoms with Crippen LogP contribution in [0.4, 0.5) is 5.95 Å². The van der Waals surface area contributed by atoms with Crippen molar-refractivity contribution in [2.24, 2.45) is 5.92 Å². The molecule has 1 saturated carbocycles. The van der Waals surface area contributed by atoms with Gasteiger partial charge in [-0.2, -0.15) is 4.98 Å². The van der Waals surface area contributed by atoms with E-state index in [9.17, 15) is 9.59 Å². The highest BCUT2D eigenvalue weighted by Crippen LogP contribution is 2.23. The van der Waals surface area contributed by atoms with Crippen LogP contribution in [0.3, 0.4) is 0 Å². The number of hydrogen-bond acceptors (Lipinski definition) is 5. The number of aryl methyl sites for hydroxylation is 1. The van der Waals surface area contributed by atoms with E-state index < -0.39 is 5.69 Å². The fourth-order valence-electron chi connectivity index (χ4n) is 4.55. The SMILES string of the molecule is CCc1ccc(Cn2c(=O)nc(NCC3CCCCC3)n(Cc3ccc(OC)cc3)c2=O)cc1. The van der Waals surface area contributed by atoms with Crippen molar-refractivity contribution in [3.8, 4) is 5.75 Å². The lowest BCUT2D eigenvalue weighted by Crippen LogP contribution is -2.43. The maximum absolute atomic E-state index is 13.5. The minimum absolute atomic E-state index is 0.195. The molecule has 180 valence electrons. The summed E-state index contributed by atoms with van der Waals surface area (Å²) in [6.45, 7) is 3.33. The molecule has 1 heterocycles. The van der Waals surface area contributed by atoms with Crippen LogP contribution in [-0.2, 0) is 19.5 Å². The molecule has 0 aliphatic heterocycles. The Morgan fingerprint density at radius 3 is 2.09 bits per heavy atom. The number of nitrogens with one attached hydrogen (secondary N) is 1. The van der Waals surface area contributed by atoms with E-state index in [4.69, 9.17) is 4.74 Å². The minimum Gasteiger partial charge on any atom is -0.497 e. The Hall–Kier alpha value is -3.35. The number of aromatic nitrogens is 3. The fraction of sp³-hybridized carbons (Fsp3) is 0.444. The van der Waals surface area contributed by atoms with E-state index in [2.05, 4.69) is 17.2 Å². The van der Waals surface area contributed by atoms with Crippen LogP contribution in [0.5, 0.6) is 5.75 Å². The molecule has 1 aliphatic carbocycles. The molecule has 1 aliphatic rings. The summed E-state index contributed by atoms with van der Waals surface area (Å²) in [5.74, 6) is 1.64. The zero-order valence-corrected chi connectivity index (χ0v) is 20.1. The quantitative estimate of drug-likeness (QED) is 0.519. The predicted octanol–water partition coefficient (Wildman–Crippen LogP) is 4.06. The normalized spacial score (nSPS) is 14.2. The molecule has 1 fully saturated rings. The Bertz CT molecular complexity index is 1190. The molecule has 3 aromatic rings. The molecule has 0 saturated heterocycles. The van der Waals surface area contributed by atoms with Gasteiger partial charge >= 0.3 is 11.4 Å². The second kappa shape index (κ2) is 11.2. The number of rotatable bonds is 9. The Kier molecular flexibility index (Phi) is 7.83. The van der Waals surface area contributed by atoms with E-state index in [1.165, 1.54) is 42.2 Å². The summed E-state index contributed by atoms with van der Waals surface area (Å²) in [5.41, 5.74) is 2.16. The third-order valence-corrected chi connectivity index (χ3v) is 6.70. The first-order valence-corrected chi connectivity index (χ1v) is 12.2. The molecule has 0 atom stereocenters. The fourth-order valence-corrected chi connectivity index (χ4v) is 4.55. The first-order chi connectivity index (χ1) is 16.6. The monoisotopic (exact) mass is 462 g/mol. The van der Waals surface area contributed by atoms with Gasteiger partial charge < -0.3 is 10.1 Å². The maximum atomic E-state index is 13.5. The van der Waals surface area contributed by atoms with Gasteiger partial charge in [0.05, 0.1) is 20.2 Å². The van der Waals surface area contributed by atoms with Crippen LogP contribution in [0, 0.1) is 5.92 Å². The molecule has 7 heteroatoms. The van der Waals surface area contributed by atoms with Crippen molar-refractivity contribution in [3.05, 3.63) is 86.2 Å². The molecule has 0 radical (unpaired) electrons. The van der Waals surface area contributed by atoms with E-state index in [0.717, 1.165) is 29.8 Å². The van der Waals surface area contributed by atoms with Gasteiger partial charge in [-0.1, -0.05) is 62.6 Å². The average Bonchev–Trinajstić information content (AvgIpc) is 2.88. The van der Waals surface area contributed by atoms with Crippen LogP contribution in [0.15, 0.2) is 58.1 Å². The highest BCUT2D eigenvalue weighted by molar-refractivity contribution is 5.30. The number of hydrogen-bond donors (Lipinski definition) is 1. The highest BCUT2D eigenvalue weighted by atomic mass is 16.5. The molecular weight excluding hydrogens is 428 g/mol. The van der Waals surface area contributed by atoms with Gasteiger partial charge in [-0.25, -0.2) is 14.2 Å². The zero-order chi connectivity index (χ0) is 23.9. The third-order valence-electron chi connectivity index (χ3n) is 6.70. The van der Waals surface area contributed by atoms with Crippen LogP contribution < -0.4 is 21.4 Å². The number of benzene rings is 2. The number of methoxy groups -OCH3 is 1. The van der Waals surface area contributed by atoms with Crippen molar-refractivity contribution in [1.29, 1.82) is 0 Å². The van der Waals surface area contributed by atoms with Crippen molar-refractivity contribution in [3.63, 3.8) is 0 Å². The van der Waals surface area contributed by atoms with E-state index >= 15 is 0 Å². The molecule has 0 amide bonds. The molecule has 0 unspecified atom stereocenters. The Balaban J connectivity index is 1.65. The summed E-state index contributed by atoms with van der Waals surface area (Å²) < 4.78 is 8.05. The van der Waals surface area contributed by atoms with Gasteiger partial charge in [0, 0.05) is 6.54 Å². The van der Waals surface area contributed by atoms with Crippen molar-refractivity contribution in [1.82, 2.24) is 14.1 Å². The standard InChI is InChI=1S/C27H34N4O3/c1-3-20-9-11-22(12-10-20)19-31-26(32)29-25(28-17-21-7-5-4-6-8-21)30(27(31)33)18-23-13-15-24(34-2)16-14-23/h9-16,21H,3-8,17-19H2,1-2H3,(H,28,29,32). The maximum Gasteiger partial charge on any atom is 0.355 e. The smallest absolute Gasteiger partial charge is 0.355 e. The lowest BCUT2D eigenvalue weighted by Gasteiger charge is -2.23. The summed E-state index contributed by atoms with van der Waals surface area (Å²) in [6.07, 6.45) is 7.03. The van der Waals surface area contributed by atoms with Gasteiger partial charge in [0.2, 0.25) is 5.95 Å². The van der Waals surface area contributed by atoms with E-state index in [-0.39, 0.29) is 12.2 Å². The molecule has 1 aromatic heterocycles. The van der Waals surface area contributed by atoms with Gasteiger partial charge in [0.15, 0.2) is 0 Å². The number of nitrogens with zero attached hydrogens (tertiary/aromatic N) is 3. The molecule has 2 aromatic carbocycles. The van der Waals surface area contributed by atoms with Crippen molar-refractivity contribution < 1.29 is 4.74 Å². The average molecular weight is 463 g/mol. The summed E-state index contributed by atoms with van der Waals surface area (Å²) >= 11 is 0.